The molecule has 2 unspecified atom stereocenters. The minimum absolute atomic E-state index is 0. The summed E-state index contributed by atoms with van der Waals surface area (Å²) in [5, 5.41) is 6.95. The second kappa shape index (κ2) is 13.3. The summed E-state index contributed by atoms with van der Waals surface area (Å²) in [4.78, 5) is 21.4. The third kappa shape index (κ3) is 8.25. The molecule has 2 heterocycles. The van der Waals surface area contributed by atoms with Crippen LogP contribution in [0, 0.1) is 11.8 Å². The lowest BCUT2D eigenvalue weighted by Crippen LogP contribution is -2.46. The number of guanidine groups is 1. The maximum Gasteiger partial charge on any atom is 0.223 e. The van der Waals surface area contributed by atoms with Crippen LogP contribution in [0.4, 0.5) is 0 Å². The van der Waals surface area contributed by atoms with Gasteiger partial charge in [0.05, 0.1) is 0 Å². The van der Waals surface area contributed by atoms with Gasteiger partial charge in [-0.05, 0) is 51.1 Å². The van der Waals surface area contributed by atoms with E-state index in [1.807, 2.05) is 18.0 Å². The minimum Gasteiger partial charge on any atom is -0.356 e. The van der Waals surface area contributed by atoms with Gasteiger partial charge in [0.25, 0.3) is 0 Å². The molecule has 7 heteroatoms. The third-order valence-electron chi connectivity index (χ3n) is 6.43. The van der Waals surface area contributed by atoms with Crippen LogP contribution in [-0.4, -0.2) is 74.0 Å². The van der Waals surface area contributed by atoms with E-state index in [0.717, 1.165) is 45.1 Å². The van der Waals surface area contributed by atoms with Crippen molar-refractivity contribution in [1.82, 2.24) is 20.4 Å². The van der Waals surface area contributed by atoms with Gasteiger partial charge in [0.2, 0.25) is 5.91 Å². The molecule has 2 N–H and O–H groups in total. The van der Waals surface area contributed by atoms with E-state index in [2.05, 4.69) is 58.6 Å². The summed E-state index contributed by atoms with van der Waals surface area (Å²) in [5.74, 6) is 2.14. The first-order chi connectivity index (χ1) is 14.5. The first-order valence-corrected chi connectivity index (χ1v) is 11.6. The molecule has 3 rings (SSSR count). The molecule has 0 radical (unpaired) electrons. The van der Waals surface area contributed by atoms with E-state index in [-0.39, 0.29) is 29.9 Å². The average molecular weight is 542 g/mol. The Labute approximate surface area is 205 Å². The number of piperidine rings is 1. The lowest BCUT2D eigenvalue weighted by Gasteiger charge is -2.35. The Kier molecular flexibility index (Phi) is 11.1. The molecule has 174 valence electrons. The van der Waals surface area contributed by atoms with Gasteiger partial charge in [0.15, 0.2) is 5.96 Å². The van der Waals surface area contributed by atoms with Crippen molar-refractivity contribution < 1.29 is 4.79 Å². The van der Waals surface area contributed by atoms with Crippen molar-refractivity contribution in [2.24, 2.45) is 16.8 Å². The summed E-state index contributed by atoms with van der Waals surface area (Å²) in [5.41, 5.74) is 1.29. The normalized spacial score (nSPS) is 22.5. The van der Waals surface area contributed by atoms with Crippen LogP contribution >= 0.6 is 24.0 Å². The number of carbonyl (C=O) groups excluding carboxylic acids is 1. The maximum absolute atomic E-state index is 12.4. The van der Waals surface area contributed by atoms with Crippen molar-refractivity contribution in [3.8, 4) is 0 Å². The summed E-state index contributed by atoms with van der Waals surface area (Å²) >= 11 is 0. The van der Waals surface area contributed by atoms with Crippen molar-refractivity contribution in [3.63, 3.8) is 0 Å². The maximum atomic E-state index is 12.4. The fourth-order valence-corrected chi connectivity index (χ4v) is 4.55. The molecule has 0 aliphatic carbocycles. The number of hydrogen-bond acceptors (Lipinski definition) is 3. The topological polar surface area (TPSA) is 60.0 Å². The Hall–Kier alpha value is -1.35. The number of nitrogens with zero attached hydrogens (tertiary/aromatic N) is 3. The van der Waals surface area contributed by atoms with Gasteiger partial charge in [-0.2, -0.15) is 0 Å². The van der Waals surface area contributed by atoms with Crippen LogP contribution in [0.3, 0.4) is 0 Å². The van der Waals surface area contributed by atoms with Crippen LogP contribution in [0.2, 0.25) is 0 Å². The van der Waals surface area contributed by atoms with E-state index >= 15 is 0 Å². The number of hydrogen-bond donors (Lipinski definition) is 2. The predicted molar refractivity (Wildman–Crippen MR) is 139 cm³/mol. The molecule has 2 aliphatic rings. The Morgan fingerprint density at radius 2 is 1.84 bits per heavy atom. The largest absolute Gasteiger partial charge is 0.356 e. The zero-order chi connectivity index (χ0) is 21.3. The number of amides is 1. The molecule has 2 saturated heterocycles. The molecule has 1 aromatic rings. The molecule has 2 aliphatic heterocycles. The van der Waals surface area contributed by atoms with E-state index in [1.54, 1.807) is 0 Å². The summed E-state index contributed by atoms with van der Waals surface area (Å²) < 4.78 is 0. The molecule has 31 heavy (non-hydrogen) atoms. The van der Waals surface area contributed by atoms with Crippen molar-refractivity contribution in [2.75, 3.05) is 46.3 Å². The summed E-state index contributed by atoms with van der Waals surface area (Å²) in [7, 11) is 1.82. The fourth-order valence-electron chi connectivity index (χ4n) is 4.55. The van der Waals surface area contributed by atoms with Crippen LogP contribution in [0.5, 0.6) is 0 Å². The van der Waals surface area contributed by atoms with E-state index in [0.29, 0.717) is 24.3 Å². The Morgan fingerprint density at radius 3 is 2.52 bits per heavy atom. The first-order valence-electron chi connectivity index (χ1n) is 11.6. The van der Waals surface area contributed by atoms with Crippen LogP contribution in [0.15, 0.2) is 35.3 Å². The lowest BCUT2D eigenvalue weighted by molar-refractivity contribution is -0.127. The number of rotatable bonds is 8. The smallest absolute Gasteiger partial charge is 0.223 e. The van der Waals surface area contributed by atoms with E-state index in [4.69, 9.17) is 0 Å². The fraction of sp³-hybridized carbons (Fsp3) is 0.667. The van der Waals surface area contributed by atoms with Crippen molar-refractivity contribution in [2.45, 2.75) is 45.6 Å². The molecule has 6 nitrogen and oxygen atoms in total. The van der Waals surface area contributed by atoms with Crippen LogP contribution in [0.25, 0.3) is 0 Å². The zero-order valence-electron chi connectivity index (χ0n) is 19.3. The monoisotopic (exact) mass is 541 g/mol. The van der Waals surface area contributed by atoms with E-state index < -0.39 is 0 Å². The van der Waals surface area contributed by atoms with Gasteiger partial charge in [-0.3, -0.25) is 9.79 Å². The van der Waals surface area contributed by atoms with E-state index in [9.17, 15) is 4.79 Å². The lowest BCUT2D eigenvalue weighted by atomic mass is 9.97. The molecular weight excluding hydrogens is 501 g/mol. The van der Waals surface area contributed by atoms with Crippen molar-refractivity contribution in [3.05, 3.63) is 35.9 Å². The highest BCUT2D eigenvalue weighted by atomic mass is 127. The number of nitrogens with one attached hydrogen (secondary N) is 2. The highest BCUT2D eigenvalue weighted by molar-refractivity contribution is 14.0. The van der Waals surface area contributed by atoms with Crippen LogP contribution in [0.1, 0.15) is 38.7 Å². The molecule has 2 fully saturated rings. The van der Waals surface area contributed by atoms with E-state index in [1.165, 1.54) is 24.9 Å². The predicted octanol–water partition coefficient (Wildman–Crippen LogP) is 2.98. The second-order valence-electron chi connectivity index (χ2n) is 9.08. The SMILES string of the molecule is CN=C(NCC1CC(=O)N(CCc2ccccc2)C1)NCC1CCCN(C(C)C)C1.I. The minimum atomic E-state index is 0. The molecule has 0 spiro atoms. The highest BCUT2D eigenvalue weighted by Gasteiger charge is 2.29. The van der Waals surface area contributed by atoms with Gasteiger partial charge in [-0.15, -0.1) is 24.0 Å². The van der Waals surface area contributed by atoms with Gasteiger partial charge in [-0.25, -0.2) is 0 Å². The number of likely N-dealkylation sites (tertiary alicyclic amines) is 2. The molecule has 0 aromatic heterocycles. The van der Waals surface area contributed by atoms with Gasteiger partial charge >= 0.3 is 0 Å². The van der Waals surface area contributed by atoms with Crippen molar-refractivity contribution >= 4 is 35.8 Å². The molecular formula is C24H40IN5O. The van der Waals surface area contributed by atoms with Gasteiger partial charge < -0.3 is 20.4 Å². The van der Waals surface area contributed by atoms with Crippen LogP contribution in [-0.2, 0) is 11.2 Å². The van der Waals surface area contributed by atoms with Gasteiger partial charge in [0, 0.05) is 58.2 Å². The van der Waals surface area contributed by atoms with Gasteiger partial charge in [-0.1, -0.05) is 30.3 Å². The molecule has 1 aromatic carbocycles. The van der Waals surface area contributed by atoms with Crippen molar-refractivity contribution in [1.29, 1.82) is 0 Å². The first kappa shape index (κ1) is 25.9. The number of aliphatic imine (C=N–C) groups is 1. The highest BCUT2D eigenvalue weighted by Crippen LogP contribution is 2.19. The Morgan fingerprint density at radius 1 is 1.13 bits per heavy atom. The van der Waals surface area contributed by atoms with Crippen LogP contribution < -0.4 is 10.6 Å². The summed E-state index contributed by atoms with van der Waals surface area (Å²) in [6.45, 7) is 10.3. The Bertz CT molecular complexity index is 696. The number of benzene rings is 1. The quantitative estimate of drug-likeness (QED) is 0.302. The average Bonchev–Trinajstić information content (AvgIpc) is 3.12. The molecule has 0 saturated carbocycles. The second-order valence-corrected chi connectivity index (χ2v) is 9.08. The van der Waals surface area contributed by atoms with Gasteiger partial charge in [0.1, 0.15) is 0 Å². The summed E-state index contributed by atoms with van der Waals surface area (Å²) in [6, 6.07) is 11.0. The molecule has 0 bridgehead atoms. The Balaban J connectivity index is 0.00000341. The third-order valence-corrected chi connectivity index (χ3v) is 6.43. The molecule has 1 amide bonds. The summed E-state index contributed by atoms with van der Waals surface area (Å²) in [6.07, 6.45) is 4.11. The molecule has 2 atom stereocenters. The number of halogens is 1. The standard InChI is InChI=1S/C24H39N5O.HI/c1-19(2)28-12-7-10-21(17-28)15-26-24(25-3)27-16-22-14-23(30)29(18-22)13-11-20-8-5-4-6-9-20;/h4-6,8-9,19,21-22H,7,10-18H2,1-3H3,(H2,25,26,27);1H. The number of carbonyl (C=O) groups is 1. The zero-order valence-corrected chi connectivity index (χ0v) is 21.7.